The summed E-state index contributed by atoms with van der Waals surface area (Å²) in [5, 5.41) is 8.41. The Balaban J connectivity index is 1.38. The molecule has 7 heteroatoms. The lowest BCUT2D eigenvalue weighted by Gasteiger charge is -2.08. The zero-order valence-electron chi connectivity index (χ0n) is 14.9. The van der Waals surface area contributed by atoms with E-state index in [1.165, 1.54) is 17.4 Å². The monoisotopic (exact) mass is 395 g/mol. The van der Waals surface area contributed by atoms with E-state index >= 15 is 0 Å². The fraction of sp³-hybridized carbons (Fsp3) is 0.143. The number of nitrogens with one attached hydrogen (secondary N) is 3. The quantitative estimate of drug-likeness (QED) is 0.563. The minimum absolute atomic E-state index is 0.224. The molecule has 0 atom stereocenters. The highest BCUT2D eigenvalue weighted by atomic mass is 32.1. The third-order valence-electron chi connectivity index (χ3n) is 4.28. The Labute approximate surface area is 165 Å². The standard InChI is InChI=1S/C21H18FN3O2S/c22-17-4-2-1-3-16(17)18-11-12-19(28-18)20(26)23-13-5-7-14(8-6-13)24-21(27)25-15-9-10-15/h1-8,11-12,15H,9-10H2,(H,23,26)(H2,24,25,27). The first-order valence-corrected chi connectivity index (χ1v) is 9.74. The van der Waals surface area contributed by atoms with E-state index in [1.54, 1.807) is 54.6 Å². The molecule has 142 valence electrons. The average molecular weight is 395 g/mol. The minimum atomic E-state index is -0.315. The van der Waals surface area contributed by atoms with Gasteiger partial charge >= 0.3 is 6.03 Å². The molecule has 28 heavy (non-hydrogen) atoms. The van der Waals surface area contributed by atoms with Crippen LogP contribution in [0.3, 0.4) is 0 Å². The maximum Gasteiger partial charge on any atom is 0.319 e. The van der Waals surface area contributed by atoms with E-state index in [9.17, 15) is 14.0 Å². The number of anilines is 2. The van der Waals surface area contributed by atoms with Crippen molar-refractivity contribution >= 4 is 34.6 Å². The van der Waals surface area contributed by atoms with Gasteiger partial charge in [-0.2, -0.15) is 0 Å². The number of hydrogen-bond donors (Lipinski definition) is 3. The molecule has 0 unspecified atom stereocenters. The number of thiophene rings is 1. The summed E-state index contributed by atoms with van der Waals surface area (Å²) in [5.74, 6) is -0.579. The van der Waals surface area contributed by atoms with E-state index < -0.39 is 0 Å². The Hall–Kier alpha value is -3.19. The second-order valence-electron chi connectivity index (χ2n) is 6.55. The zero-order chi connectivity index (χ0) is 19.5. The second kappa shape index (κ2) is 7.82. The summed E-state index contributed by atoms with van der Waals surface area (Å²) in [5.41, 5.74) is 1.74. The van der Waals surface area contributed by atoms with Crippen LogP contribution < -0.4 is 16.0 Å². The first kappa shape index (κ1) is 18.2. The second-order valence-corrected chi connectivity index (χ2v) is 7.63. The summed E-state index contributed by atoms with van der Waals surface area (Å²) >= 11 is 1.23. The number of hydrogen-bond acceptors (Lipinski definition) is 3. The summed E-state index contributed by atoms with van der Waals surface area (Å²) in [6.45, 7) is 0. The molecular weight excluding hydrogens is 377 g/mol. The van der Waals surface area contributed by atoms with Crippen molar-refractivity contribution in [2.45, 2.75) is 18.9 Å². The fourth-order valence-corrected chi connectivity index (χ4v) is 3.60. The lowest BCUT2D eigenvalue weighted by Crippen LogP contribution is -2.30. The topological polar surface area (TPSA) is 70.2 Å². The van der Waals surface area contributed by atoms with Crippen LogP contribution in [-0.2, 0) is 0 Å². The van der Waals surface area contributed by atoms with Crippen LogP contribution in [0.25, 0.3) is 10.4 Å². The summed E-state index contributed by atoms with van der Waals surface area (Å²) < 4.78 is 13.9. The highest BCUT2D eigenvalue weighted by Crippen LogP contribution is 2.30. The largest absolute Gasteiger partial charge is 0.335 e. The summed E-state index contributed by atoms with van der Waals surface area (Å²) in [6, 6.07) is 16.9. The van der Waals surface area contributed by atoms with Crippen LogP contribution in [0.1, 0.15) is 22.5 Å². The van der Waals surface area contributed by atoms with Crippen molar-refractivity contribution in [3.05, 3.63) is 71.4 Å². The number of carbonyl (C=O) groups is 2. The maximum absolute atomic E-state index is 13.9. The molecule has 0 bridgehead atoms. The van der Waals surface area contributed by atoms with Gasteiger partial charge in [0.25, 0.3) is 5.91 Å². The molecule has 0 spiro atoms. The van der Waals surface area contributed by atoms with E-state index in [-0.39, 0.29) is 17.8 Å². The molecule has 5 nitrogen and oxygen atoms in total. The molecule has 4 rings (SSSR count). The predicted molar refractivity (Wildman–Crippen MR) is 109 cm³/mol. The summed E-state index contributed by atoms with van der Waals surface area (Å²) in [7, 11) is 0. The van der Waals surface area contributed by atoms with Crippen molar-refractivity contribution in [3.63, 3.8) is 0 Å². The van der Waals surface area contributed by atoms with Gasteiger partial charge in [-0.3, -0.25) is 4.79 Å². The van der Waals surface area contributed by atoms with Gasteiger partial charge in [0.2, 0.25) is 0 Å². The number of carbonyl (C=O) groups excluding carboxylic acids is 2. The van der Waals surface area contributed by atoms with Crippen LogP contribution in [0.4, 0.5) is 20.6 Å². The molecular formula is C21H18FN3O2S. The van der Waals surface area contributed by atoms with Crippen LogP contribution in [0.5, 0.6) is 0 Å². The smallest absolute Gasteiger partial charge is 0.319 e. The first-order chi connectivity index (χ1) is 13.6. The highest BCUT2D eigenvalue weighted by molar-refractivity contribution is 7.17. The molecule has 1 heterocycles. The van der Waals surface area contributed by atoms with E-state index in [4.69, 9.17) is 0 Å². The third-order valence-corrected chi connectivity index (χ3v) is 5.40. The third kappa shape index (κ3) is 4.37. The van der Waals surface area contributed by atoms with Crippen molar-refractivity contribution in [1.82, 2.24) is 5.32 Å². The Morgan fingerprint density at radius 3 is 2.25 bits per heavy atom. The van der Waals surface area contributed by atoms with Gasteiger partial charge in [0.1, 0.15) is 5.82 Å². The van der Waals surface area contributed by atoms with E-state index in [1.807, 2.05) is 0 Å². The molecule has 0 radical (unpaired) electrons. The SMILES string of the molecule is O=C(Nc1ccc(NC(=O)c2ccc(-c3ccccc3F)s2)cc1)NC1CC1. The Kier molecular flexibility index (Phi) is 5.08. The fourth-order valence-electron chi connectivity index (χ4n) is 2.68. The zero-order valence-corrected chi connectivity index (χ0v) is 15.7. The molecule has 3 N–H and O–H groups in total. The van der Waals surface area contributed by atoms with Crippen molar-refractivity contribution in [2.75, 3.05) is 10.6 Å². The first-order valence-electron chi connectivity index (χ1n) is 8.92. The number of urea groups is 1. The van der Waals surface area contributed by atoms with Crippen LogP contribution in [0.2, 0.25) is 0 Å². The molecule has 1 saturated carbocycles. The minimum Gasteiger partial charge on any atom is -0.335 e. The van der Waals surface area contributed by atoms with Gasteiger partial charge in [-0.25, -0.2) is 9.18 Å². The van der Waals surface area contributed by atoms with Crippen molar-refractivity contribution in [2.24, 2.45) is 0 Å². The van der Waals surface area contributed by atoms with Gasteiger partial charge in [-0.15, -0.1) is 11.3 Å². The normalized spacial score (nSPS) is 13.0. The van der Waals surface area contributed by atoms with Gasteiger partial charge < -0.3 is 16.0 Å². The number of benzene rings is 2. The number of rotatable bonds is 5. The number of amides is 3. The molecule has 1 aliphatic carbocycles. The molecule has 1 fully saturated rings. The molecule has 0 aliphatic heterocycles. The van der Waals surface area contributed by atoms with Crippen LogP contribution in [0.15, 0.2) is 60.7 Å². The van der Waals surface area contributed by atoms with Crippen molar-refractivity contribution in [3.8, 4) is 10.4 Å². The van der Waals surface area contributed by atoms with E-state index in [0.29, 0.717) is 32.7 Å². The van der Waals surface area contributed by atoms with E-state index in [0.717, 1.165) is 12.8 Å². The van der Waals surface area contributed by atoms with Gasteiger partial charge in [-0.1, -0.05) is 18.2 Å². The Morgan fingerprint density at radius 1 is 0.893 bits per heavy atom. The average Bonchev–Trinajstić information content (AvgIpc) is 3.35. The van der Waals surface area contributed by atoms with E-state index in [2.05, 4.69) is 16.0 Å². The molecule has 1 aliphatic rings. The van der Waals surface area contributed by atoms with Crippen LogP contribution >= 0.6 is 11.3 Å². The van der Waals surface area contributed by atoms with Crippen molar-refractivity contribution < 1.29 is 14.0 Å². The maximum atomic E-state index is 13.9. The molecule has 3 amide bonds. The van der Waals surface area contributed by atoms with Gasteiger partial charge in [0.15, 0.2) is 0 Å². The molecule has 0 saturated heterocycles. The van der Waals surface area contributed by atoms with Crippen LogP contribution in [0, 0.1) is 5.82 Å². The molecule has 3 aromatic rings. The van der Waals surface area contributed by atoms with Crippen LogP contribution in [-0.4, -0.2) is 18.0 Å². The summed E-state index contributed by atoms with van der Waals surface area (Å²) in [4.78, 5) is 25.4. The molecule has 1 aromatic heterocycles. The number of halogens is 1. The van der Waals surface area contributed by atoms with Crippen molar-refractivity contribution in [1.29, 1.82) is 0 Å². The highest BCUT2D eigenvalue weighted by Gasteiger charge is 2.23. The van der Waals surface area contributed by atoms with Gasteiger partial charge in [0, 0.05) is 27.9 Å². The lowest BCUT2D eigenvalue weighted by molar-refractivity contribution is 0.103. The van der Waals surface area contributed by atoms with Gasteiger partial charge in [-0.05, 0) is 55.3 Å². The molecule has 2 aromatic carbocycles. The Morgan fingerprint density at radius 2 is 1.57 bits per heavy atom. The predicted octanol–water partition coefficient (Wildman–Crippen LogP) is 5.09. The summed E-state index contributed by atoms with van der Waals surface area (Å²) in [6.07, 6.45) is 2.06. The van der Waals surface area contributed by atoms with Gasteiger partial charge in [0.05, 0.1) is 4.88 Å². The Bertz CT molecular complexity index is 1010. The lowest BCUT2D eigenvalue weighted by atomic mass is 10.2.